The smallest absolute Gasteiger partial charge is 0.306 e. The van der Waals surface area contributed by atoms with Crippen molar-refractivity contribution in [2.75, 3.05) is 6.54 Å². The van der Waals surface area contributed by atoms with Crippen molar-refractivity contribution in [2.45, 2.75) is 30.6 Å². The highest BCUT2D eigenvalue weighted by Crippen LogP contribution is 2.30. The number of hydrogen-bond donors (Lipinski definition) is 1. The number of fused-ring (bicyclic) bond motifs is 1. The first-order valence-corrected chi connectivity index (χ1v) is 12.6. The number of H-pyrrole nitrogens is 1. The lowest BCUT2D eigenvalue weighted by molar-refractivity contribution is -0.137. The summed E-state index contributed by atoms with van der Waals surface area (Å²) in [4.78, 5) is 22.2. The maximum atomic E-state index is 13.1. The second-order valence-corrected chi connectivity index (χ2v) is 10.3. The fourth-order valence-electron chi connectivity index (χ4n) is 4.26. The lowest BCUT2D eigenvalue weighted by atomic mass is 10.1. The largest absolute Gasteiger partial charge is 0.416 e. The number of nitrogens with one attached hydrogen (secondary N) is 1. The van der Waals surface area contributed by atoms with Gasteiger partial charge >= 0.3 is 6.18 Å². The molecule has 0 spiro atoms. The molecule has 1 aliphatic heterocycles. The number of aromatic nitrogens is 3. The van der Waals surface area contributed by atoms with E-state index in [0.717, 1.165) is 12.1 Å². The van der Waals surface area contributed by atoms with Gasteiger partial charge in [-0.3, -0.25) is 9.69 Å². The molecule has 0 saturated carbocycles. The Morgan fingerprint density at radius 2 is 1.69 bits per heavy atom. The third kappa shape index (κ3) is 4.59. The van der Waals surface area contributed by atoms with Crippen LogP contribution in [0.25, 0.3) is 11.4 Å². The van der Waals surface area contributed by atoms with Crippen LogP contribution in [-0.2, 0) is 35.7 Å². The van der Waals surface area contributed by atoms with Gasteiger partial charge in [0.1, 0.15) is 5.82 Å². The van der Waals surface area contributed by atoms with Crippen molar-refractivity contribution in [3.05, 3.63) is 106 Å². The third-order valence-corrected chi connectivity index (χ3v) is 7.85. The Kier molecular flexibility index (Phi) is 6.05. The van der Waals surface area contributed by atoms with Crippen LogP contribution in [0.2, 0.25) is 0 Å². The van der Waals surface area contributed by atoms with Crippen molar-refractivity contribution >= 4 is 10.0 Å². The Morgan fingerprint density at radius 3 is 2.39 bits per heavy atom. The molecule has 11 heteroatoms. The van der Waals surface area contributed by atoms with Crippen LogP contribution in [0.1, 0.15) is 22.5 Å². The molecule has 36 heavy (non-hydrogen) atoms. The lowest BCUT2D eigenvalue weighted by Gasteiger charge is -2.28. The van der Waals surface area contributed by atoms with Gasteiger partial charge in [0, 0.05) is 43.5 Å². The average Bonchev–Trinajstić information content (AvgIpc) is 3.33. The number of alkyl halides is 3. The van der Waals surface area contributed by atoms with E-state index in [0.29, 0.717) is 42.0 Å². The molecular weight excluding hydrogens is 493 g/mol. The number of rotatable bonds is 5. The predicted octanol–water partition coefficient (Wildman–Crippen LogP) is 4.05. The van der Waals surface area contributed by atoms with Gasteiger partial charge in [-0.15, -0.1) is 0 Å². The van der Waals surface area contributed by atoms with Crippen LogP contribution in [-0.4, -0.2) is 33.8 Å². The molecule has 1 aliphatic rings. The lowest BCUT2D eigenvalue weighted by Crippen LogP contribution is -2.36. The van der Waals surface area contributed by atoms with Gasteiger partial charge in [0.05, 0.1) is 21.7 Å². The number of halogens is 3. The molecule has 3 heterocycles. The van der Waals surface area contributed by atoms with E-state index in [-0.39, 0.29) is 22.8 Å². The zero-order valence-electron chi connectivity index (χ0n) is 18.9. The normalized spacial score (nSPS) is 14.5. The predicted molar refractivity (Wildman–Crippen MR) is 127 cm³/mol. The molecule has 0 amide bonds. The van der Waals surface area contributed by atoms with Crippen molar-refractivity contribution in [3.63, 3.8) is 0 Å². The van der Waals surface area contributed by atoms with E-state index in [1.807, 2.05) is 4.90 Å². The second-order valence-electron chi connectivity index (χ2n) is 8.49. The fourth-order valence-corrected chi connectivity index (χ4v) is 5.65. The highest BCUT2D eigenvalue weighted by atomic mass is 32.2. The standard InChI is InChI=1S/C25H21F3N4O3S/c26-25(27,28)18-10-8-17(9-11-18)23-29-22-12-14-31(16-21(22)24(33)30-23)15-19-5-4-13-32(19)36(34,35)20-6-2-1-3-7-20/h1-11,13H,12,14-16H2,(H,29,30,33). The molecule has 0 fully saturated rings. The minimum absolute atomic E-state index is 0.183. The summed E-state index contributed by atoms with van der Waals surface area (Å²) in [5, 5.41) is 0. The highest BCUT2D eigenvalue weighted by molar-refractivity contribution is 7.90. The van der Waals surface area contributed by atoms with Crippen LogP contribution in [0.15, 0.2) is 82.6 Å². The van der Waals surface area contributed by atoms with E-state index in [2.05, 4.69) is 9.97 Å². The molecule has 0 aliphatic carbocycles. The summed E-state index contributed by atoms with van der Waals surface area (Å²) in [5.41, 5.74) is 0.841. The minimum Gasteiger partial charge on any atom is -0.306 e. The molecule has 2 aromatic heterocycles. The molecule has 0 bridgehead atoms. The van der Waals surface area contributed by atoms with Gasteiger partial charge in [-0.25, -0.2) is 17.4 Å². The van der Waals surface area contributed by atoms with Crippen LogP contribution in [0.3, 0.4) is 0 Å². The summed E-state index contributed by atoms with van der Waals surface area (Å²) in [7, 11) is -3.76. The summed E-state index contributed by atoms with van der Waals surface area (Å²) in [6, 6.07) is 16.0. The van der Waals surface area contributed by atoms with E-state index >= 15 is 0 Å². The van der Waals surface area contributed by atoms with Crippen LogP contribution in [0, 0.1) is 0 Å². The van der Waals surface area contributed by atoms with Gasteiger partial charge in [0.15, 0.2) is 0 Å². The number of benzene rings is 2. The Hall–Kier alpha value is -3.70. The average molecular weight is 515 g/mol. The van der Waals surface area contributed by atoms with Gasteiger partial charge in [0.25, 0.3) is 15.6 Å². The zero-order valence-corrected chi connectivity index (χ0v) is 19.7. The van der Waals surface area contributed by atoms with Gasteiger partial charge < -0.3 is 4.98 Å². The molecule has 1 N–H and O–H groups in total. The molecule has 0 unspecified atom stereocenters. The number of hydrogen-bond acceptors (Lipinski definition) is 5. The summed E-state index contributed by atoms with van der Waals surface area (Å²) in [5.74, 6) is 0.212. The third-order valence-electron chi connectivity index (χ3n) is 6.11. The summed E-state index contributed by atoms with van der Waals surface area (Å²) in [6.07, 6.45) is -2.50. The zero-order chi connectivity index (χ0) is 25.5. The molecule has 2 aromatic carbocycles. The molecular formula is C25H21F3N4O3S. The summed E-state index contributed by atoms with van der Waals surface area (Å²) < 4.78 is 65.9. The summed E-state index contributed by atoms with van der Waals surface area (Å²) >= 11 is 0. The molecule has 186 valence electrons. The first-order valence-electron chi connectivity index (χ1n) is 11.1. The Balaban J connectivity index is 1.37. The van der Waals surface area contributed by atoms with Crippen LogP contribution < -0.4 is 5.56 Å². The van der Waals surface area contributed by atoms with Gasteiger partial charge in [-0.2, -0.15) is 13.2 Å². The van der Waals surface area contributed by atoms with Crippen molar-refractivity contribution in [2.24, 2.45) is 0 Å². The van der Waals surface area contributed by atoms with Gasteiger partial charge in [-0.1, -0.05) is 30.3 Å². The molecule has 4 aromatic rings. The maximum Gasteiger partial charge on any atom is 0.416 e. The minimum atomic E-state index is -4.45. The molecule has 5 rings (SSSR count). The van der Waals surface area contributed by atoms with Crippen LogP contribution in [0.5, 0.6) is 0 Å². The number of aromatic amines is 1. The van der Waals surface area contributed by atoms with E-state index < -0.39 is 21.8 Å². The van der Waals surface area contributed by atoms with Gasteiger partial charge in [0.2, 0.25) is 0 Å². The van der Waals surface area contributed by atoms with Crippen molar-refractivity contribution < 1.29 is 21.6 Å². The summed E-state index contributed by atoms with van der Waals surface area (Å²) in [6.45, 7) is 1.10. The van der Waals surface area contributed by atoms with Crippen LogP contribution in [0.4, 0.5) is 13.2 Å². The van der Waals surface area contributed by atoms with E-state index in [9.17, 15) is 26.4 Å². The monoisotopic (exact) mass is 514 g/mol. The van der Waals surface area contributed by atoms with Crippen molar-refractivity contribution in [1.29, 1.82) is 0 Å². The quantitative estimate of drug-likeness (QED) is 0.434. The Labute approximate surface area is 204 Å². The van der Waals surface area contributed by atoms with Crippen molar-refractivity contribution in [3.8, 4) is 11.4 Å². The molecule has 7 nitrogen and oxygen atoms in total. The maximum absolute atomic E-state index is 13.1. The van der Waals surface area contributed by atoms with Crippen LogP contribution >= 0.6 is 0 Å². The molecule has 0 atom stereocenters. The highest BCUT2D eigenvalue weighted by Gasteiger charge is 2.30. The van der Waals surface area contributed by atoms with E-state index in [4.69, 9.17) is 0 Å². The van der Waals surface area contributed by atoms with E-state index in [1.165, 1.54) is 34.4 Å². The number of nitrogens with zero attached hydrogens (tertiary/aromatic N) is 3. The topological polar surface area (TPSA) is 88.1 Å². The van der Waals surface area contributed by atoms with Crippen molar-refractivity contribution in [1.82, 2.24) is 18.8 Å². The Bertz CT molecular complexity index is 1560. The first kappa shape index (κ1) is 24.0. The second kappa shape index (κ2) is 9.07. The molecule has 0 radical (unpaired) electrons. The first-order chi connectivity index (χ1) is 17.1. The van der Waals surface area contributed by atoms with Gasteiger partial charge in [-0.05, 0) is 36.4 Å². The SMILES string of the molecule is O=c1[nH]c(-c2ccc(C(F)(F)F)cc2)nc2c1CN(Cc1cccn1S(=O)(=O)c1ccccc1)CC2. The Morgan fingerprint density at radius 1 is 0.972 bits per heavy atom. The fraction of sp³-hybridized carbons (Fsp3) is 0.200. The molecule has 0 saturated heterocycles. The van der Waals surface area contributed by atoms with E-state index in [1.54, 1.807) is 30.3 Å².